The molecule has 1 amide bonds. The number of fused-ring (bicyclic) bond motifs is 1. The lowest BCUT2D eigenvalue weighted by Crippen LogP contribution is -2.42. The molecule has 1 aliphatic rings. The first-order valence-electron chi connectivity index (χ1n) is 11.8. The van der Waals surface area contributed by atoms with Gasteiger partial charge in [-0.25, -0.2) is 9.78 Å². The first-order valence-corrected chi connectivity index (χ1v) is 11.8. The van der Waals surface area contributed by atoms with E-state index in [-0.39, 0.29) is 35.6 Å². The summed E-state index contributed by atoms with van der Waals surface area (Å²) >= 11 is 0. The average Bonchev–Trinajstić information content (AvgIpc) is 2.80. The number of carbonyl (C=O) groups is 1. The molecular weight excluding hydrogens is 472 g/mol. The topological polar surface area (TPSA) is 99.4 Å². The average molecular weight is 502 g/mol. The van der Waals surface area contributed by atoms with Crippen LogP contribution in [0.15, 0.2) is 35.4 Å². The molecule has 0 saturated carbocycles. The minimum atomic E-state index is -3.02. The van der Waals surface area contributed by atoms with Crippen molar-refractivity contribution in [3.05, 3.63) is 57.9 Å². The van der Waals surface area contributed by atoms with Crippen molar-refractivity contribution >= 4 is 17.3 Å². The van der Waals surface area contributed by atoms with Gasteiger partial charge in [-0.1, -0.05) is 0 Å². The number of likely N-dealkylation sites (tertiary alicyclic amines) is 1. The zero-order valence-electron chi connectivity index (χ0n) is 20.7. The maximum absolute atomic E-state index is 13.7. The Kier molecular flexibility index (Phi) is 7.18. The zero-order chi connectivity index (χ0) is 26.0. The first kappa shape index (κ1) is 25.5. The Morgan fingerprint density at radius 3 is 2.61 bits per heavy atom. The van der Waals surface area contributed by atoms with Crippen LogP contribution in [0.1, 0.15) is 56.5 Å². The van der Waals surface area contributed by atoms with Crippen LogP contribution in [0.3, 0.4) is 0 Å². The van der Waals surface area contributed by atoms with Crippen molar-refractivity contribution in [3.8, 4) is 5.75 Å². The number of aromatic nitrogens is 4. The number of hydrogen-bond donors (Lipinski definition) is 0. The molecule has 0 unspecified atom stereocenters. The summed E-state index contributed by atoms with van der Waals surface area (Å²) < 4.78 is 37.4. The molecule has 1 aliphatic heterocycles. The molecule has 0 radical (unpaired) electrons. The summed E-state index contributed by atoms with van der Waals surface area (Å²) in [5.74, 6) is -0.223. The Labute approximate surface area is 207 Å². The molecule has 36 heavy (non-hydrogen) atoms. The maximum atomic E-state index is 13.7. The standard InChI is InChI=1S/C25H29F2N5O4/c1-15-13-29-18-12-17(16-7-10-31(11-8-16)24(34)36-25(2,3)4)22(33)32(21(18)30-15)14-19-20(35-23(26)27)6-5-9-28-19/h5-6,9,12-13,16,23H,7-8,10-11,14H2,1-4H3. The van der Waals surface area contributed by atoms with Crippen LogP contribution in [-0.4, -0.2) is 55.8 Å². The summed E-state index contributed by atoms with van der Waals surface area (Å²) in [6.45, 7) is 4.97. The molecule has 0 N–H and O–H groups in total. The number of ether oxygens (including phenoxy) is 2. The fourth-order valence-electron chi connectivity index (χ4n) is 4.27. The van der Waals surface area contributed by atoms with Gasteiger partial charge in [0, 0.05) is 31.0 Å². The SMILES string of the molecule is Cc1cnc2cc(C3CCN(C(=O)OC(C)(C)C)CC3)c(=O)n(Cc3ncccc3OC(F)F)c2n1. The quantitative estimate of drug-likeness (QED) is 0.515. The van der Waals surface area contributed by atoms with E-state index < -0.39 is 12.2 Å². The molecule has 192 valence electrons. The van der Waals surface area contributed by atoms with Crippen molar-refractivity contribution in [2.45, 2.75) is 65.2 Å². The second-order valence-electron chi connectivity index (χ2n) is 9.78. The molecule has 0 aliphatic carbocycles. The van der Waals surface area contributed by atoms with Gasteiger partial charge in [-0.05, 0) is 64.7 Å². The second-order valence-corrected chi connectivity index (χ2v) is 9.78. The molecular formula is C25H29F2N5O4. The summed E-state index contributed by atoms with van der Waals surface area (Å²) in [4.78, 5) is 40.9. The number of aryl methyl sites for hydroxylation is 1. The summed E-state index contributed by atoms with van der Waals surface area (Å²) in [5, 5.41) is 0. The van der Waals surface area contributed by atoms with Crippen LogP contribution in [0.2, 0.25) is 0 Å². The number of rotatable bonds is 5. The van der Waals surface area contributed by atoms with Crippen LogP contribution in [0, 0.1) is 6.92 Å². The maximum Gasteiger partial charge on any atom is 0.410 e. The summed E-state index contributed by atoms with van der Waals surface area (Å²) in [5.41, 5.74) is 1.29. The van der Waals surface area contributed by atoms with E-state index in [1.807, 2.05) is 20.8 Å². The van der Waals surface area contributed by atoms with Gasteiger partial charge in [0.1, 0.15) is 22.6 Å². The molecule has 9 nitrogen and oxygen atoms in total. The number of piperidine rings is 1. The van der Waals surface area contributed by atoms with Gasteiger partial charge < -0.3 is 14.4 Å². The van der Waals surface area contributed by atoms with Crippen LogP contribution in [-0.2, 0) is 11.3 Å². The van der Waals surface area contributed by atoms with Crippen molar-refractivity contribution < 1.29 is 23.0 Å². The molecule has 0 atom stereocenters. The number of carbonyl (C=O) groups excluding carboxylic acids is 1. The molecule has 11 heteroatoms. The molecule has 3 aromatic heterocycles. The van der Waals surface area contributed by atoms with Crippen molar-refractivity contribution in [2.24, 2.45) is 0 Å². The van der Waals surface area contributed by atoms with Gasteiger partial charge in [0.2, 0.25) is 0 Å². The third kappa shape index (κ3) is 5.77. The fraction of sp³-hybridized carbons (Fsp3) is 0.480. The lowest BCUT2D eigenvalue weighted by molar-refractivity contribution is -0.0507. The predicted octanol–water partition coefficient (Wildman–Crippen LogP) is 4.26. The first-order chi connectivity index (χ1) is 17.0. The van der Waals surface area contributed by atoms with Crippen LogP contribution >= 0.6 is 0 Å². The highest BCUT2D eigenvalue weighted by Crippen LogP contribution is 2.29. The lowest BCUT2D eigenvalue weighted by atomic mass is 9.90. The normalized spacial score (nSPS) is 14.9. The lowest BCUT2D eigenvalue weighted by Gasteiger charge is -2.33. The van der Waals surface area contributed by atoms with Gasteiger partial charge in [-0.2, -0.15) is 8.78 Å². The Balaban J connectivity index is 1.67. The van der Waals surface area contributed by atoms with Crippen LogP contribution < -0.4 is 10.3 Å². The fourth-order valence-corrected chi connectivity index (χ4v) is 4.27. The van der Waals surface area contributed by atoms with E-state index in [1.165, 1.54) is 22.9 Å². The predicted molar refractivity (Wildman–Crippen MR) is 128 cm³/mol. The molecule has 0 spiro atoms. The van der Waals surface area contributed by atoms with Crippen molar-refractivity contribution in [1.82, 2.24) is 24.4 Å². The number of pyridine rings is 2. The molecule has 0 bridgehead atoms. The van der Waals surface area contributed by atoms with Crippen LogP contribution in [0.25, 0.3) is 11.2 Å². The Morgan fingerprint density at radius 1 is 1.22 bits per heavy atom. The largest absolute Gasteiger partial charge is 0.444 e. The third-order valence-corrected chi connectivity index (χ3v) is 5.90. The molecule has 4 heterocycles. The van der Waals surface area contributed by atoms with Crippen molar-refractivity contribution in [1.29, 1.82) is 0 Å². The number of halogens is 2. The highest BCUT2D eigenvalue weighted by atomic mass is 19.3. The van der Waals surface area contributed by atoms with Gasteiger partial charge in [0.05, 0.1) is 12.2 Å². The van der Waals surface area contributed by atoms with E-state index in [0.29, 0.717) is 48.4 Å². The zero-order valence-corrected chi connectivity index (χ0v) is 20.7. The Hall–Kier alpha value is -3.63. The number of alkyl halides is 2. The van der Waals surface area contributed by atoms with E-state index in [4.69, 9.17) is 4.74 Å². The van der Waals surface area contributed by atoms with E-state index in [0.717, 1.165) is 0 Å². The van der Waals surface area contributed by atoms with Gasteiger partial charge in [-0.15, -0.1) is 0 Å². The summed E-state index contributed by atoms with van der Waals surface area (Å²) in [6, 6.07) is 4.61. The van der Waals surface area contributed by atoms with Gasteiger partial charge in [0.15, 0.2) is 5.65 Å². The molecule has 0 aromatic carbocycles. The van der Waals surface area contributed by atoms with Crippen LogP contribution in [0.4, 0.5) is 13.6 Å². The molecule has 1 saturated heterocycles. The van der Waals surface area contributed by atoms with E-state index in [1.54, 1.807) is 24.1 Å². The Morgan fingerprint density at radius 2 is 1.94 bits per heavy atom. The highest BCUT2D eigenvalue weighted by molar-refractivity contribution is 5.71. The monoisotopic (exact) mass is 501 g/mol. The number of hydrogen-bond acceptors (Lipinski definition) is 7. The minimum absolute atomic E-state index is 0.107. The summed E-state index contributed by atoms with van der Waals surface area (Å²) in [6.07, 6.45) is 3.83. The molecule has 1 fully saturated rings. The molecule has 3 aromatic rings. The third-order valence-electron chi connectivity index (χ3n) is 5.90. The number of amides is 1. The van der Waals surface area contributed by atoms with Crippen molar-refractivity contribution in [3.63, 3.8) is 0 Å². The minimum Gasteiger partial charge on any atom is -0.444 e. The second kappa shape index (κ2) is 10.2. The van der Waals surface area contributed by atoms with E-state index in [2.05, 4.69) is 19.7 Å². The number of nitrogens with zero attached hydrogens (tertiary/aromatic N) is 5. The van der Waals surface area contributed by atoms with E-state index >= 15 is 0 Å². The summed E-state index contributed by atoms with van der Waals surface area (Å²) in [7, 11) is 0. The van der Waals surface area contributed by atoms with Gasteiger partial charge >= 0.3 is 12.7 Å². The van der Waals surface area contributed by atoms with E-state index in [9.17, 15) is 18.4 Å². The van der Waals surface area contributed by atoms with Gasteiger partial charge in [-0.3, -0.25) is 19.3 Å². The highest BCUT2D eigenvalue weighted by Gasteiger charge is 2.29. The van der Waals surface area contributed by atoms with Crippen LogP contribution in [0.5, 0.6) is 5.75 Å². The van der Waals surface area contributed by atoms with Crippen molar-refractivity contribution in [2.75, 3.05) is 13.1 Å². The van der Waals surface area contributed by atoms with Gasteiger partial charge in [0.25, 0.3) is 5.56 Å². The molecule has 4 rings (SSSR count). The smallest absolute Gasteiger partial charge is 0.410 e. The Bertz CT molecular complexity index is 1310.